The predicted molar refractivity (Wildman–Crippen MR) is 75.6 cm³/mol. The molecule has 2 aromatic carbocycles. The molecule has 0 aromatic heterocycles. The molecule has 0 aliphatic carbocycles. The largest absolute Gasteiger partial charge is 0.399 e. The summed E-state index contributed by atoms with van der Waals surface area (Å²) < 4.78 is 0. The van der Waals surface area contributed by atoms with Crippen LogP contribution in [-0.4, -0.2) is 12.2 Å². The molecule has 19 heavy (non-hydrogen) atoms. The first-order chi connectivity index (χ1) is 9.10. The molecule has 2 rings (SSSR count). The van der Waals surface area contributed by atoms with Gasteiger partial charge in [-0.15, -0.1) is 0 Å². The van der Waals surface area contributed by atoms with Crippen molar-refractivity contribution in [2.75, 3.05) is 11.1 Å². The lowest BCUT2D eigenvalue weighted by atomic mass is 10.1. The van der Waals surface area contributed by atoms with Crippen molar-refractivity contribution in [3.8, 4) is 0 Å². The van der Waals surface area contributed by atoms with E-state index in [4.69, 9.17) is 17.3 Å². The Morgan fingerprint density at radius 3 is 2.74 bits per heavy atom. The summed E-state index contributed by atoms with van der Waals surface area (Å²) in [7, 11) is 0. The number of halogens is 1. The van der Waals surface area contributed by atoms with Gasteiger partial charge in [-0.1, -0.05) is 23.7 Å². The van der Waals surface area contributed by atoms with Crippen molar-refractivity contribution >= 4 is 35.2 Å². The van der Waals surface area contributed by atoms with Gasteiger partial charge in [-0.2, -0.15) is 0 Å². The molecule has 1 amide bonds. The van der Waals surface area contributed by atoms with Crippen LogP contribution in [0.1, 0.15) is 20.7 Å². The van der Waals surface area contributed by atoms with Crippen LogP contribution in [0, 0.1) is 0 Å². The highest BCUT2D eigenvalue weighted by molar-refractivity contribution is 6.34. The number of anilines is 2. The lowest BCUT2D eigenvalue weighted by Crippen LogP contribution is -2.13. The molecule has 2 aromatic rings. The second-order valence-electron chi connectivity index (χ2n) is 3.94. The monoisotopic (exact) mass is 274 g/mol. The van der Waals surface area contributed by atoms with E-state index in [0.29, 0.717) is 28.2 Å². The lowest BCUT2D eigenvalue weighted by molar-refractivity contribution is 0.102. The van der Waals surface area contributed by atoms with E-state index < -0.39 is 0 Å². The number of hydrogen-bond acceptors (Lipinski definition) is 3. The van der Waals surface area contributed by atoms with Gasteiger partial charge in [0, 0.05) is 16.9 Å². The van der Waals surface area contributed by atoms with Gasteiger partial charge in [0.25, 0.3) is 5.91 Å². The average Bonchev–Trinajstić information content (AvgIpc) is 2.41. The SMILES string of the molecule is Nc1ccc(Cl)c(C(=O)Nc2cccc(C=O)c2)c1. The van der Waals surface area contributed by atoms with Gasteiger partial charge >= 0.3 is 0 Å². The smallest absolute Gasteiger partial charge is 0.257 e. The van der Waals surface area contributed by atoms with Crippen LogP contribution in [0.25, 0.3) is 0 Å². The number of amides is 1. The fourth-order valence-corrected chi connectivity index (χ4v) is 1.81. The van der Waals surface area contributed by atoms with E-state index in [9.17, 15) is 9.59 Å². The Labute approximate surface area is 115 Å². The zero-order chi connectivity index (χ0) is 13.8. The highest BCUT2D eigenvalue weighted by Crippen LogP contribution is 2.20. The summed E-state index contributed by atoms with van der Waals surface area (Å²) in [6, 6.07) is 11.3. The van der Waals surface area contributed by atoms with E-state index in [1.807, 2.05) is 0 Å². The standard InChI is InChI=1S/C14H11ClN2O2/c15-13-5-4-10(16)7-12(13)14(19)17-11-3-1-2-9(6-11)8-18/h1-8H,16H2,(H,17,19). The van der Waals surface area contributed by atoms with Crippen LogP contribution in [0.3, 0.4) is 0 Å². The molecule has 0 saturated heterocycles. The quantitative estimate of drug-likeness (QED) is 0.667. The number of aldehydes is 1. The Bertz CT molecular complexity index is 641. The van der Waals surface area contributed by atoms with Crippen molar-refractivity contribution in [3.05, 3.63) is 58.6 Å². The molecule has 96 valence electrons. The summed E-state index contributed by atoms with van der Waals surface area (Å²) in [6.45, 7) is 0. The van der Waals surface area contributed by atoms with Crippen molar-refractivity contribution in [1.82, 2.24) is 0 Å². The Kier molecular flexibility index (Phi) is 3.82. The van der Waals surface area contributed by atoms with Gasteiger partial charge in [-0.05, 0) is 30.3 Å². The van der Waals surface area contributed by atoms with E-state index in [2.05, 4.69) is 5.32 Å². The summed E-state index contributed by atoms with van der Waals surface area (Å²) >= 11 is 5.94. The molecule has 0 unspecified atom stereocenters. The first kappa shape index (κ1) is 13.1. The lowest BCUT2D eigenvalue weighted by Gasteiger charge is -2.07. The van der Waals surface area contributed by atoms with Crippen LogP contribution < -0.4 is 11.1 Å². The molecule has 0 aliphatic heterocycles. The number of benzene rings is 2. The van der Waals surface area contributed by atoms with Gasteiger partial charge in [-0.25, -0.2) is 0 Å². The summed E-state index contributed by atoms with van der Waals surface area (Å²) in [5, 5.41) is 2.98. The number of nitrogens with two attached hydrogens (primary N) is 1. The van der Waals surface area contributed by atoms with E-state index in [0.717, 1.165) is 0 Å². The molecule has 0 spiro atoms. The second kappa shape index (κ2) is 5.54. The maximum Gasteiger partial charge on any atom is 0.257 e. The van der Waals surface area contributed by atoms with Crippen LogP contribution in [0.2, 0.25) is 5.02 Å². The number of nitrogen functional groups attached to an aromatic ring is 1. The Balaban J connectivity index is 2.25. The molecule has 0 heterocycles. The summed E-state index contributed by atoms with van der Waals surface area (Å²) in [5.41, 5.74) is 7.37. The molecule has 3 N–H and O–H groups in total. The van der Waals surface area contributed by atoms with Gasteiger partial charge in [0.15, 0.2) is 0 Å². The van der Waals surface area contributed by atoms with Crippen LogP contribution in [0.15, 0.2) is 42.5 Å². The first-order valence-corrected chi connectivity index (χ1v) is 5.89. The molecule has 0 saturated carbocycles. The van der Waals surface area contributed by atoms with E-state index in [1.165, 1.54) is 6.07 Å². The predicted octanol–water partition coefficient (Wildman–Crippen LogP) is 2.99. The minimum absolute atomic E-state index is 0.290. The number of carbonyl (C=O) groups excluding carboxylic acids is 2. The molecule has 0 aliphatic rings. The van der Waals surface area contributed by atoms with E-state index in [1.54, 1.807) is 36.4 Å². The third kappa shape index (κ3) is 3.11. The van der Waals surface area contributed by atoms with Gasteiger partial charge < -0.3 is 11.1 Å². The Morgan fingerprint density at radius 2 is 2.00 bits per heavy atom. The topological polar surface area (TPSA) is 72.2 Å². The molecule has 0 radical (unpaired) electrons. The van der Waals surface area contributed by atoms with Crippen LogP contribution in [0.4, 0.5) is 11.4 Å². The Morgan fingerprint density at radius 1 is 1.21 bits per heavy atom. The third-order valence-electron chi connectivity index (χ3n) is 2.52. The molecular weight excluding hydrogens is 264 g/mol. The van der Waals surface area contributed by atoms with E-state index in [-0.39, 0.29) is 11.5 Å². The number of rotatable bonds is 3. The molecule has 0 bridgehead atoms. The molecule has 0 atom stereocenters. The van der Waals surface area contributed by atoms with Crippen molar-refractivity contribution in [1.29, 1.82) is 0 Å². The minimum Gasteiger partial charge on any atom is -0.399 e. The van der Waals surface area contributed by atoms with Crippen LogP contribution in [-0.2, 0) is 0 Å². The number of carbonyl (C=O) groups is 2. The summed E-state index contributed by atoms with van der Waals surface area (Å²) in [5.74, 6) is -0.375. The molecule has 5 heteroatoms. The van der Waals surface area contributed by atoms with Crippen molar-refractivity contribution in [2.45, 2.75) is 0 Å². The highest BCUT2D eigenvalue weighted by atomic mass is 35.5. The van der Waals surface area contributed by atoms with Crippen molar-refractivity contribution in [2.24, 2.45) is 0 Å². The Hall–Kier alpha value is -2.33. The number of hydrogen-bond donors (Lipinski definition) is 2. The zero-order valence-corrected chi connectivity index (χ0v) is 10.6. The average molecular weight is 275 g/mol. The van der Waals surface area contributed by atoms with Crippen LogP contribution in [0.5, 0.6) is 0 Å². The van der Waals surface area contributed by atoms with Gasteiger partial charge in [0.2, 0.25) is 0 Å². The highest BCUT2D eigenvalue weighted by Gasteiger charge is 2.11. The van der Waals surface area contributed by atoms with Gasteiger partial charge in [0.05, 0.1) is 10.6 Å². The maximum absolute atomic E-state index is 12.0. The van der Waals surface area contributed by atoms with Crippen molar-refractivity contribution < 1.29 is 9.59 Å². The van der Waals surface area contributed by atoms with Gasteiger partial charge in [0.1, 0.15) is 6.29 Å². The fraction of sp³-hybridized carbons (Fsp3) is 0. The summed E-state index contributed by atoms with van der Waals surface area (Å²) in [4.78, 5) is 22.7. The fourth-order valence-electron chi connectivity index (χ4n) is 1.61. The second-order valence-corrected chi connectivity index (χ2v) is 4.34. The maximum atomic E-state index is 12.0. The summed E-state index contributed by atoms with van der Waals surface area (Å²) in [6.07, 6.45) is 0.711. The third-order valence-corrected chi connectivity index (χ3v) is 2.85. The minimum atomic E-state index is -0.375. The molecular formula is C14H11ClN2O2. The number of nitrogens with one attached hydrogen (secondary N) is 1. The van der Waals surface area contributed by atoms with Gasteiger partial charge in [-0.3, -0.25) is 9.59 Å². The first-order valence-electron chi connectivity index (χ1n) is 5.52. The molecule has 4 nitrogen and oxygen atoms in total. The van der Waals surface area contributed by atoms with E-state index >= 15 is 0 Å². The zero-order valence-electron chi connectivity index (χ0n) is 9.89. The normalized spacial score (nSPS) is 9.95. The van der Waals surface area contributed by atoms with Crippen molar-refractivity contribution in [3.63, 3.8) is 0 Å². The molecule has 0 fully saturated rings. The van der Waals surface area contributed by atoms with Crippen LogP contribution >= 0.6 is 11.6 Å².